The van der Waals surface area contributed by atoms with Crippen molar-refractivity contribution in [1.29, 1.82) is 0 Å². The topological polar surface area (TPSA) is 29.3 Å². The molecule has 1 unspecified atom stereocenters. The Morgan fingerprint density at radius 2 is 1.95 bits per heavy atom. The molecule has 3 heteroatoms. The van der Waals surface area contributed by atoms with Crippen molar-refractivity contribution >= 4 is 17.0 Å². The van der Waals surface area contributed by atoms with Gasteiger partial charge in [0, 0.05) is 23.7 Å². The minimum Gasteiger partial charge on any atom is -0.370 e. The molecule has 1 aromatic heterocycles. The van der Waals surface area contributed by atoms with Gasteiger partial charge in [-0.1, -0.05) is 37.6 Å². The van der Waals surface area contributed by atoms with Gasteiger partial charge in [-0.3, -0.25) is 0 Å². The average Bonchev–Trinajstić information content (AvgIpc) is 2.98. The molecule has 0 amide bonds. The Kier molecular flexibility index (Phi) is 5.43. The number of unbranched alkanes of at least 4 members (excludes halogenated alkanes) is 1. The highest BCUT2D eigenvalue weighted by Crippen LogP contribution is 2.21. The van der Waals surface area contributed by atoms with Crippen LogP contribution >= 0.6 is 11.3 Å². The van der Waals surface area contributed by atoms with E-state index in [-0.39, 0.29) is 6.04 Å². The van der Waals surface area contributed by atoms with Gasteiger partial charge in [-0.15, -0.1) is 11.3 Å². The Balaban J connectivity index is 2.05. The third-order valence-corrected chi connectivity index (χ3v) is 4.23. The van der Waals surface area contributed by atoms with Crippen LogP contribution in [-0.4, -0.2) is 13.1 Å². The van der Waals surface area contributed by atoms with E-state index in [2.05, 4.69) is 59.7 Å². The predicted octanol–water partition coefficient (Wildman–Crippen LogP) is 4.05. The fourth-order valence-electron chi connectivity index (χ4n) is 2.14. The maximum atomic E-state index is 6.32. The SMILES string of the molecule is CCCCN(CC(N)c1cccs1)c1ccccc1. The first-order valence-corrected chi connectivity index (χ1v) is 7.78. The van der Waals surface area contributed by atoms with Crippen molar-refractivity contribution in [3.8, 4) is 0 Å². The summed E-state index contributed by atoms with van der Waals surface area (Å²) in [5.74, 6) is 0. The molecular formula is C16H22N2S. The van der Waals surface area contributed by atoms with E-state index in [1.54, 1.807) is 11.3 Å². The van der Waals surface area contributed by atoms with Crippen LogP contribution in [0, 0.1) is 0 Å². The summed E-state index contributed by atoms with van der Waals surface area (Å²) in [6.07, 6.45) is 2.41. The number of hydrogen-bond donors (Lipinski definition) is 1. The van der Waals surface area contributed by atoms with E-state index in [9.17, 15) is 0 Å². The van der Waals surface area contributed by atoms with Crippen LogP contribution in [0.3, 0.4) is 0 Å². The quantitative estimate of drug-likeness (QED) is 0.825. The second kappa shape index (κ2) is 7.31. The molecule has 0 aliphatic heterocycles. The predicted molar refractivity (Wildman–Crippen MR) is 84.8 cm³/mol. The van der Waals surface area contributed by atoms with Gasteiger partial charge in [0.2, 0.25) is 0 Å². The van der Waals surface area contributed by atoms with E-state index in [1.165, 1.54) is 23.4 Å². The molecule has 0 saturated carbocycles. The molecule has 2 N–H and O–H groups in total. The molecule has 1 atom stereocenters. The summed E-state index contributed by atoms with van der Waals surface area (Å²) in [5.41, 5.74) is 7.58. The van der Waals surface area contributed by atoms with Crippen LogP contribution in [0.1, 0.15) is 30.7 Å². The first-order chi connectivity index (χ1) is 9.31. The zero-order valence-electron chi connectivity index (χ0n) is 11.5. The molecule has 102 valence electrons. The zero-order valence-corrected chi connectivity index (χ0v) is 12.3. The Bertz CT molecular complexity index is 453. The van der Waals surface area contributed by atoms with Gasteiger partial charge in [-0.2, -0.15) is 0 Å². The van der Waals surface area contributed by atoms with Crippen LogP contribution in [0.5, 0.6) is 0 Å². The molecule has 2 aromatic rings. The van der Waals surface area contributed by atoms with E-state index >= 15 is 0 Å². The summed E-state index contributed by atoms with van der Waals surface area (Å²) >= 11 is 1.74. The number of para-hydroxylation sites is 1. The summed E-state index contributed by atoms with van der Waals surface area (Å²) in [5, 5.41) is 2.09. The van der Waals surface area contributed by atoms with Crippen LogP contribution in [0.2, 0.25) is 0 Å². The van der Waals surface area contributed by atoms with E-state index in [4.69, 9.17) is 5.73 Å². The summed E-state index contributed by atoms with van der Waals surface area (Å²) in [7, 11) is 0. The van der Waals surface area contributed by atoms with E-state index in [0.717, 1.165) is 13.1 Å². The lowest BCUT2D eigenvalue weighted by Crippen LogP contribution is -2.32. The van der Waals surface area contributed by atoms with Gasteiger partial charge < -0.3 is 10.6 Å². The average molecular weight is 274 g/mol. The highest BCUT2D eigenvalue weighted by atomic mass is 32.1. The highest BCUT2D eigenvalue weighted by Gasteiger charge is 2.13. The number of thiophene rings is 1. The molecule has 2 rings (SSSR count). The summed E-state index contributed by atoms with van der Waals surface area (Å²) in [6, 6.07) is 14.8. The monoisotopic (exact) mass is 274 g/mol. The zero-order chi connectivity index (χ0) is 13.5. The normalized spacial score (nSPS) is 12.3. The maximum absolute atomic E-state index is 6.32. The lowest BCUT2D eigenvalue weighted by atomic mass is 10.2. The van der Waals surface area contributed by atoms with Crippen LogP contribution < -0.4 is 10.6 Å². The second-order valence-electron chi connectivity index (χ2n) is 4.76. The maximum Gasteiger partial charge on any atom is 0.0567 e. The van der Waals surface area contributed by atoms with Gasteiger partial charge in [-0.05, 0) is 30.0 Å². The van der Waals surface area contributed by atoms with Gasteiger partial charge in [0.1, 0.15) is 0 Å². The van der Waals surface area contributed by atoms with Gasteiger partial charge in [0.25, 0.3) is 0 Å². The molecule has 19 heavy (non-hydrogen) atoms. The molecule has 1 aromatic carbocycles. The number of hydrogen-bond acceptors (Lipinski definition) is 3. The molecule has 0 saturated heterocycles. The number of rotatable bonds is 7. The number of nitrogens with zero attached hydrogens (tertiary/aromatic N) is 1. The molecule has 0 aliphatic carbocycles. The van der Waals surface area contributed by atoms with Crippen LogP contribution in [-0.2, 0) is 0 Å². The third-order valence-electron chi connectivity index (χ3n) is 3.23. The Morgan fingerprint density at radius 1 is 1.16 bits per heavy atom. The molecule has 2 nitrogen and oxygen atoms in total. The molecular weight excluding hydrogens is 252 g/mol. The van der Waals surface area contributed by atoms with Crippen molar-refractivity contribution in [2.75, 3.05) is 18.0 Å². The third kappa shape index (κ3) is 4.08. The number of benzene rings is 1. The van der Waals surface area contributed by atoms with Gasteiger partial charge >= 0.3 is 0 Å². The molecule has 0 fully saturated rings. The van der Waals surface area contributed by atoms with Crippen LogP contribution in [0.15, 0.2) is 47.8 Å². The largest absolute Gasteiger partial charge is 0.370 e. The van der Waals surface area contributed by atoms with Crippen molar-refractivity contribution in [2.24, 2.45) is 5.73 Å². The van der Waals surface area contributed by atoms with E-state index in [1.807, 2.05) is 0 Å². The molecule has 0 spiro atoms. The standard InChI is InChI=1S/C16H22N2S/c1-2-3-11-18(14-8-5-4-6-9-14)13-15(17)16-10-7-12-19-16/h4-10,12,15H,2-3,11,13,17H2,1H3. The molecule has 1 heterocycles. The minimum absolute atomic E-state index is 0.0945. The summed E-state index contributed by atoms with van der Waals surface area (Å²) < 4.78 is 0. The Hall–Kier alpha value is -1.32. The Morgan fingerprint density at radius 3 is 2.58 bits per heavy atom. The van der Waals surface area contributed by atoms with Gasteiger partial charge in [0.05, 0.1) is 6.04 Å². The first-order valence-electron chi connectivity index (χ1n) is 6.90. The van der Waals surface area contributed by atoms with Crippen molar-refractivity contribution in [1.82, 2.24) is 0 Å². The summed E-state index contributed by atoms with van der Waals surface area (Å²) in [4.78, 5) is 3.66. The van der Waals surface area contributed by atoms with Crippen molar-refractivity contribution in [2.45, 2.75) is 25.8 Å². The van der Waals surface area contributed by atoms with Crippen molar-refractivity contribution < 1.29 is 0 Å². The lowest BCUT2D eigenvalue weighted by Gasteiger charge is -2.27. The fraction of sp³-hybridized carbons (Fsp3) is 0.375. The lowest BCUT2D eigenvalue weighted by molar-refractivity contribution is 0.647. The first kappa shape index (κ1) is 14.1. The smallest absolute Gasteiger partial charge is 0.0567 e. The minimum atomic E-state index is 0.0945. The summed E-state index contributed by atoms with van der Waals surface area (Å²) in [6.45, 7) is 4.17. The van der Waals surface area contributed by atoms with Gasteiger partial charge in [-0.25, -0.2) is 0 Å². The number of anilines is 1. The van der Waals surface area contributed by atoms with E-state index in [0.29, 0.717) is 0 Å². The van der Waals surface area contributed by atoms with Gasteiger partial charge in [0.15, 0.2) is 0 Å². The molecule has 0 aliphatic rings. The molecule has 0 radical (unpaired) electrons. The van der Waals surface area contributed by atoms with Crippen LogP contribution in [0.25, 0.3) is 0 Å². The second-order valence-corrected chi connectivity index (χ2v) is 5.74. The fourth-order valence-corrected chi connectivity index (χ4v) is 2.86. The van der Waals surface area contributed by atoms with Crippen molar-refractivity contribution in [3.05, 3.63) is 52.7 Å². The van der Waals surface area contributed by atoms with Crippen LogP contribution in [0.4, 0.5) is 5.69 Å². The Labute approximate surface area is 119 Å². The molecule has 0 bridgehead atoms. The van der Waals surface area contributed by atoms with E-state index < -0.39 is 0 Å². The highest BCUT2D eigenvalue weighted by molar-refractivity contribution is 7.10. The number of nitrogens with two attached hydrogens (primary N) is 1. The van der Waals surface area contributed by atoms with Crippen molar-refractivity contribution in [3.63, 3.8) is 0 Å².